The highest BCUT2D eigenvalue weighted by Crippen LogP contribution is 2.38. The summed E-state index contributed by atoms with van der Waals surface area (Å²) in [5.74, 6) is 0.291. The van der Waals surface area contributed by atoms with E-state index in [1.165, 1.54) is 6.07 Å². The average Bonchev–Trinajstić information content (AvgIpc) is 2.77. The van der Waals surface area contributed by atoms with Crippen LogP contribution in [0.4, 0.5) is 24.7 Å². The van der Waals surface area contributed by atoms with Crippen LogP contribution in [0.2, 0.25) is 0 Å². The third-order valence-corrected chi connectivity index (χ3v) is 6.54. The van der Waals surface area contributed by atoms with Crippen LogP contribution in [0.5, 0.6) is 0 Å². The Kier molecular flexibility index (Phi) is 6.38. The predicted molar refractivity (Wildman–Crippen MR) is 125 cm³/mol. The first-order valence-electron chi connectivity index (χ1n) is 11.3. The first-order chi connectivity index (χ1) is 16.0. The van der Waals surface area contributed by atoms with E-state index in [2.05, 4.69) is 15.3 Å². The summed E-state index contributed by atoms with van der Waals surface area (Å²) in [6.07, 6.45) is -1.63. The lowest BCUT2D eigenvalue weighted by molar-refractivity contribution is -0.143. The number of nitrogen functional groups attached to an aromatic ring is 1. The number of alkyl halides is 3. The predicted octanol–water partition coefficient (Wildman–Crippen LogP) is 6.07. The van der Waals surface area contributed by atoms with E-state index in [4.69, 9.17) is 5.73 Å². The number of carbonyl (C=O) groups is 1. The summed E-state index contributed by atoms with van der Waals surface area (Å²) >= 11 is 0. The number of rotatable bonds is 5. The summed E-state index contributed by atoms with van der Waals surface area (Å²) in [5, 5.41) is 13.3. The van der Waals surface area contributed by atoms with Gasteiger partial charge in [-0.3, -0.25) is 4.79 Å². The molecule has 34 heavy (non-hydrogen) atoms. The highest BCUT2D eigenvalue weighted by Gasteiger charge is 2.31. The summed E-state index contributed by atoms with van der Waals surface area (Å²) in [6.45, 7) is 3.52. The molecule has 1 saturated carbocycles. The van der Waals surface area contributed by atoms with Crippen LogP contribution in [0.25, 0.3) is 10.9 Å². The Morgan fingerprint density at radius 1 is 1.12 bits per heavy atom. The van der Waals surface area contributed by atoms with Crippen LogP contribution in [0.15, 0.2) is 36.4 Å². The Hall–Kier alpha value is -3.36. The molecule has 0 saturated heterocycles. The second-order valence-corrected chi connectivity index (χ2v) is 9.03. The standard InChI is InChI=1S/C25H27F3N4O2/c1-13(18-9-19(25(26,27)28)12-20(29)10-18)30-23-21-11-17(7-8-22(21)31-14(2)32-23)15-3-5-16(6-4-15)24(33)34/h7-13,15-16H,3-6,29H2,1-2H3,(H,33,34)(H,30,31,32)/t13-,15?,16?/m1/s1. The van der Waals surface area contributed by atoms with Gasteiger partial charge in [0.2, 0.25) is 0 Å². The van der Waals surface area contributed by atoms with Gasteiger partial charge in [0.25, 0.3) is 0 Å². The number of aromatic nitrogens is 2. The van der Waals surface area contributed by atoms with Crippen molar-refractivity contribution in [3.8, 4) is 0 Å². The fourth-order valence-corrected chi connectivity index (χ4v) is 4.68. The van der Waals surface area contributed by atoms with E-state index in [1.807, 2.05) is 18.2 Å². The van der Waals surface area contributed by atoms with E-state index in [0.29, 0.717) is 30.0 Å². The molecule has 0 aliphatic heterocycles. The number of benzene rings is 2. The van der Waals surface area contributed by atoms with Crippen LogP contribution < -0.4 is 11.1 Å². The van der Waals surface area contributed by atoms with Gasteiger partial charge in [0.05, 0.1) is 23.0 Å². The maximum absolute atomic E-state index is 13.3. The number of anilines is 2. The molecule has 0 bridgehead atoms. The SMILES string of the molecule is Cc1nc(N[C@H](C)c2cc(N)cc(C(F)(F)F)c2)c2cc(C3CCC(C(=O)O)CC3)ccc2n1. The molecule has 1 atom stereocenters. The van der Waals surface area contributed by atoms with Crippen molar-refractivity contribution in [2.45, 2.75) is 57.7 Å². The van der Waals surface area contributed by atoms with Crippen LogP contribution in [0, 0.1) is 12.8 Å². The molecule has 9 heteroatoms. The Morgan fingerprint density at radius 2 is 1.82 bits per heavy atom. The molecule has 0 spiro atoms. The average molecular weight is 473 g/mol. The van der Waals surface area contributed by atoms with Crippen LogP contribution in [0.1, 0.15) is 67.1 Å². The first-order valence-corrected chi connectivity index (χ1v) is 11.3. The third-order valence-electron chi connectivity index (χ3n) is 6.54. The van der Waals surface area contributed by atoms with Crippen molar-refractivity contribution in [2.75, 3.05) is 11.1 Å². The molecule has 1 fully saturated rings. The Morgan fingerprint density at radius 3 is 2.47 bits per heavy atom. The summed E-state index contributed by atoms with van der Waals surface area (Å²) < 4.78 is 39.8. The molecule has 4 N–H and O–H groups in total. The Bertz CT molecular complexity index is 1220. The van der Waals surface area contributed by atoms with Crippen LogP contribution in [0.3, 0.4) is 0 Å². The number of carboxylic acids is 1. The van der Waals surface area contributed by atoms with Gasteiger partial charge in [-0.1, -0.05) is 6.07 Å². The highest BCUT2D eigenvalue weighted by atomic mass is 19.4. The molecule has 1 aliphatic carbocycles. The molecule has 2 aromatic carbocycles. The zero-order chi connectivity index (χ0) is 24.6. The van der Waals surface area contributed by atoms with Crippen molar-refractivity contribution in [2.24, 2.45) is 5.92 Å². The molecular formula is C25H27F3N4O2. The molecule has 3 aromatic rings. The van der Waals surface area contributed by atoms with Crippen LogP contribution in [-0.4, -0.2) is 21.0 Å². The molecule has 1 aromatic heterocycles. The largest absolute Gasteiger partial charge is 0.481 e. The zero-order valence-electron chi connectivity index (χ0n) is 19.0. The summed E-state index contributed by atoms with van der Waals surface area (Å²) in [4.78, 5) is 20.3. The topological polar surface area (TPSA) is 101 Å². The molecule has 4 rings (SSSR count). The zero-order valence-corrected chi connectivity index (χ0v) is 19.0. The normalized spacial score (nSPS) is 19.7. The van der Waals surface area contributed by atoms with Gasteiger partial charge < -0.3 is 16.2 Å². The van der Waals surface area contributed by atoms with Crippen molar-refractivity contribution in [3.05, 3.63) is 58.9 Å². The van der Waals surface area contributed by atoms with E-state index in [-0.39, 0.29) is 17.5 Å². The second-order valence-electron chi connectivity index (χ2n) is 9.03. The van der Waals surface area contributed by atoms with E-state index in [1.54, 1.807) is 13.8 Å². The maximum atomic E-state index is 13.3. The number of aliphatic carboxylic acids is 1. The quantitative estimate of drug-likeness (QED) is 0.390. The smallest absolute Gasteiger partial charge is 0.416 e. The van der Waals surface area contributed by atoms with Gasteiger partial charge in [0.15, 0.2) is 0 Å². The third kappa shape index (κ3) is 5.08. The molecule has 0 radical (unpaired) electrons. The van der Waals surface area contributed by atoms with Gasteiger partial charge in [-0.25, -0.2) is 9.97 Å². The van der Waals surface area contributed by atoms with E-state index in [9.17, 15) is 23.1 Å². The van der Waals surface area contributed by atoms with Gasteiger partial charge in [0, 0.05) is 11.1 Å². The van der Waals surface area contributed by atoms with Gasteiger partial charge in [-0.2, -0.15) is 13.2 Å². The van der Waals surface area contributed by atoms with Crippen molar-refractivity contribution in [1.82, 2.24) is 9.97 Å². The van der Waals surface area contributed by atoms with E-state index >= 15 is 0 Å². The molecule has 0 unspecified atom stereocenters. The lowest BCUT2D eigenvalue weighted by Crippen LogP contribution is -2.20. The first kappa shape index (κ1) is 23.8. The fraction of sp³-hybridized carbons (Fsp3) is 0.400. The minimum absolute atomic E-state index is 0.0430. The number of aryl methyl sites for hydroxylation is 1. The lowest BCUT2D eigenvalue weighted by Gasteiger charge is -2.26. The Balaban J connectivity index is 1.64. The van der Waals surface area contributed by atoms with Gasteiger partial charge >= 0.3 is 12.1 Å². The van der Waals surface area contributed by atoms with Crippen molar-refractivity contribution >= 4 is 28.4 Å². The number of nitrogens with zero attached hydrogens (tertiary/aromatic N) is 2. The highest BCUT2D eigenvalue weighted by molar-refractivity contribution is 5.90. The van der Waals surface area contributed by atoms with E-state index in [0.717, 1.165) is 41.4 Å². The molecule has 0 amide bonds. The number of hydrogen-bond donors (Lipinski definition) is 3. The van der Waals surface area contributed by atoms with Gasteiger partial charge in [-0.05, 0) is 86.9 Å². The fourth-order valence-electron chi connectivity index (χ4n) is 4.68. The minimum atomic E-state index is -4.49. The number of fused-ring (bicyclic) bond motifs is 1. The van der Waals surface area contributed by atoms with E-state index < -0.39 is 23.8 Å². The lowest BCUT2D eigenvalue weighted by atomic mass is 9.78. The van der Waals surface area contributed by atoms with Gasteiger partial charge in [0.1, 0.15) is 11.6 Å². The van der Waals surface area contributed by atoms with Crippen molar-refractivity contribution < 1.29 is 23.1 Å². The molecular weight excluding hydrogens is 445 g/mol. The van der Waals surface area contributed by atoms with Crippen LogP contribution in [-0.2, 0) is 11.0 Å². The number of hydrogen-bond acceptors (Lipinski definition) is 5. The maximum Gasteiger partial charge on any atom is 0.416 e. The summed E-state index contributed by atoms with van der Waals surface area (Å²) in [6, 6.07) is 8.99. The summed E-state index contributed by atoms with van der Waals surface area (Å²) in [7, 11) is 0. The number of halogens is 3. The molecule has 6 nitrogen and oxygen atoms in total. The molecule has 1 heterocycles. The second kappa shape index (κ2) is 9.12. The minimum Gasteiger partial charge on any atom is -0.481 e. The van der Waals surface area contributed by atoms with Gasteiger partial charge in [-0.15, -0.1) is 0 Å². The number of nitrogens with one attached hydrogen (secondary N) is 1. The Labute approximate surface area is 195 Å². The number of carboxylic acid groups (broad SMARTS) is 1. The number of nitrogens with two attached hydrogens (primary N) is 1. The molecule has 1 aliphatic rings. The summed E-state index contributed by atoms with van der Waals surface area (Å²) in [5.41, 5.74) is 7.21. The monoisotopic (exact) mass is 472 g/mol. The van der Waals surface area contributed by atoms with Crippen molar-refractivity contribution in [1.29, 1.82) is 0 Å². The molecule has 180 valence electrons. The van der Waals surface area contributed by atoms with Crippen LogP contribution >= 0.6 is 0 Å². The van der Waals surface area contributed by atoms with Crippen molar-refractivity contribution in [3.63, 3.8) is 0 Å².